The van der Waals surface area contributed by atoms with Crippen LogP contribution in [0.3, 0.4) is 0 Å². The molecule has 3 heterocycles. The second kappa shape index (κ2) is 7.58. The zero-order chi connectivity index (χ0) is 20.8. The van der Waals surface area contributed by atoms with Gasteiger partial charge < -0.3 is 14.8 Å². The van der Waals surface area contributed by atoms with Crippen molar-refractivity contribution in [1.29, 1.82) is 0 Å². The SMILES string of the molecule is CC(C)[C@H]1c2cccn2-c2sc3c(c2CN1C(=O)Nc1ccc(F)cc1)CCCC3. The van der Waals surface area contributed by atoms with Gasteiger partial charge in [-0.3, -0.25) is 0 Å². The summed E-state index contributed by atoms with van der Waals surface area (Å²) in [5, 5.41) is 4.26. The molecular formula is C24H26FN3OS. The summed E-state index contributed by atoms with van der Waals surface area (Å²) in [4.78, 5) is 16.9. The number of nitrogens with zero attached hydrogens (tertiary/aromatic N) is 2. The molecule has 0 fully saturated rings. The minimum Gasteiger partial charge on any atom is -0.311 e. The third kappa shape index (κ3) is 3.23. The first-order valence-electron chi connectivity index (χ1n) is 10.7. The number of carbonyl (C=O) groups excluding carboxylic acids is 1. The lowest BCUT2D eigenvalue weighted by Gasteiger charge is -2.33. The predicted octanol–water partition coefficient (Wildman–Crippen LogP) is 6.30. The van der Waals surface area contributed by atoms with Gasteiger partial charge in [-0.05, 0) is 73.6 Å². The molecule has 1 aliphatic heterocycles. The van der Waals surface area contributed by atoms with Gasteiger partial charge in [0.05, 0.1) is 12.6 Å². The van der Waals surface area contributed by atoms with E-state index in [9.17, 15) is 9.18 Å². The average Bonchev–Trinajstić information content (AvgIpc) is 3.31. The molecule has 1 aromatic carbocycles. The lowest BCUT2D eigenvalue weighted by Crippen LogP contribution is -2.39. The Morgan fingerprint density at radius 3 is 2.67 bits per heavy atom. The molecule has 1 aliphatic carbocycles. The number of fused-ring (bicyclic) bond motifs is 5. The van der Waals surface area contributed by atoms with Crippen LogP contribution in [-0.4, -0.2) is 15.5 Å². The Morgan fingerprint density at radius 2 is 1.90 bits per heavy atom. The molecule has 0 saturated heterocycles. The third-order valence-electron chi connectivity index (χ3n) is 6.21. The van der Waals surface area contributed by atoms with Crippen molar-refractivity contribution in [3.8, 4) is 5.00 Å². The van der Waals surface area contributed by atoms with E-state index in [1.807, 2.05) is 16.2 Å². The predicted molar refractivity (Wildman–Crippen MR) is 119 cm³/mol. The molecule has 4 nitrogen and oxygen atoms in total. The van der Waals surface area contributed by atoms with Crippen LogP contribution in [0.4, 0.5) is 14.9 Å². The Balaban J connectivity index is 1.58. The van der Waals surface area contributed by atoms with Gasteiger partial charge in [-0.2, -0.15) is 0 Å². The fraction of sp³-hybridized carbons (Fsp3) is 0.375. The van der Waals surface area contributed by atoms with E-state index < -0.39 is 0 Å². The van der Waals surface area contributed by atoms with Crippen molar-refractivity contribution in [3.63, 3.8) is 0 Å². The first-order valence-corrected chi connectivity index (χ1v) is 11.5. The van der Waals surface area contributed by atoms with E-state index in [1.54, 1.807) is 12.1 Å². The van der Waals surface area contributed by atoms with Crippen molar-refractivity contribution >= 4 is 23.1 Å². The summed E-state index contributed by atoms with van der Waals surface area (Å²) in [5.74, 6) is -0.0577. The molecule has 156 valence electrons. The van der Waals surface area contributed by atoms with Crippen LogP contribution in [0.2, 0.25) is 0 Å². The molecule has 0 radical (unpaired) electrons. The third-order valence-corrected chi connectivity index (χ3v) is 7.55. The number of nitrogens with one attached hydrogen (secondary N) is 1. The zero-order valence-electron chi connectivity index (χ0n) is 17.3. The van der Waals surface area contributed by atoms with Crippen LogP contribution in [0, 0.1) is 11.7 Å². The Kier molecular flexibility index (Phi) is 4.89. The highest BCUT2D eigenvalue weighted by Crippen LogP contribution is 2.44. The molecule has 0 bridgehead atoms. The standard InChI is InChI=1S/C24H26FN3OS/c1-15(2)22-20-7-5-13-27(20)23-19(18-6-3-4-8-21(18)30-23)14-28(22)24(29)26-17-11-9-16(25)10-12-17/h5,7,9-13,15,22H,3-4,6,8,14H2,1-2H3,(H,26,29)/t22-/m0/s1. The van der Waals surface area contributed by atoms with Crippen LogP contribution < -0.4 is 5.32 Å². The van der Waals surface area contributed by atoms with E-state index in [1.165, 1.54) is 46.0 Å². The van der Waals surface area contributed by atoms with E-state index in [0.29, 0.717) is 12.2 Å². The second-order valence-corrected chi connectivity index (χ2v) is 9.64. The first-order chi connectivity index (χ1) is 14.5. The van der Waals surface area contributed by atoms with Gasteiger partial charge >= 0.3 is 6.03 Å². The quantitative estimate of drug-likeness (QED) is 0.516. The summed E-state index contributed by atoms with van der Waals surface area (Å²) in [6.45, 7) is 4.92. The molecule has 2 amide bonds. The summed E-state index contributed by atoms with van der Waals surface area (Å²) in [6, 6.07) is 9.99. The second-order valence-electron chi connectivity index (χ2n) is 8.55. The molecule has 2 aliphatic rings. The van der Waals surface area contributed by atoms with Gasteiger partial charge in [-0.1, -0.05) is 13.8 Å². The minimum atomic E-state index is -0.310. The number of urea groups is 1. The van der Waals surface area contributed by atoms with Gasteiger partial charge in [0.15, 0.2) is 0 Å². The number of anilines is 1. The summed E-state index contributed by atoms with van der Waals surface area (Å²) in [7, 11) is 0. The van der Waals surface area contributed by atoms with E-state index in [0.717, 1.165) is 18.5 Å². The van der Waals surface area contributed by atoms with Gasteiger partial charge in [-0.25, -0.2) is 9.18 Å². The average molecular weight is 424 g/mol. The number of rotatable bonds is 2. The van der Waals surface area contributed by atoms with Crippen LogP contribution >= 0.6 is 11.3 Å². The number of hydrogen-bond acceptors (Lipinski definition) is 2. The van der Waals surface area contributed by atoms with Crippen LogP contribution in [0.1, 0.15) is 54.4 Å². The summed E-state index contributed by atoms with van der Waals surface area (Å²) < 4.78 is 15.6. The van der Waals surface area contributed by atoms with E-state index in [2.05, 4.69) is 42.1 Å². The number of hydrogen-bond donors (Lipinski definition) is 1. The van der Waals surface area contributed by atoms with Crippen molar-refractivity contribution in [2.75, 3.05) is 5.32 Å². The van der Waals surface area contributed by atoms with Crippen molar-refractivity contribution in [3.05, 3.63) is 70.1 Å². The fourth-order valence-electron chi connectivity index (χ4n) is 4.85. The van der Waals surface area contributed by atoms with Crippen molar-refractivity contribution in [2.45, 2.75) is 52.1 Å². The molecule has 2 aromatic heterocycles. The Labute approximate surface area is 180 Å². The molecule has 0 spiro atoms. The van der Waals surface area contributed by atoms with Crippen LogP contribution in [-0.2, 0) is 19.4 Å². The summed E-state index contributed by atoms with van der Waals surface area (Å²) >= 11 is 1.89. The van der Waals surface area contributed by atoms with Crippen LogP contribution in [0.15, 0.2) is 42.6 Å². The number of benzene rings is 1. The molecule has 6 heteroatoms. The zero-order valence-corrected chi connectivity index (χ0v) is 18.1. The number of amides is 2. The molecule has 1 N–H and O–H groups in total. The maximum absolute atomic E-state index is 13.5. The summed E-state index contributed by atoms with van der Waals surface area (Å²) in [6.07, 6.45) is 6.82. The number of carbonyl (C=O) groups is 1. The van der Waals surface area contributed by atoms with Crippen molar-refractivity contribution in [1.82, 2.24) is 9.47 Å². The lowest BCUT2D eigenvalue weighted by molar-refractivity contribution is 0.161. The maximum Gasteiger partial charge on any atom is 0.322 e. The Bertz CT molecular complexity index is 1080. The van der Waals surface area contributed by atoms with Crippen LogP contribution in [0.25, 0.3) is 5.00 Å². The number of aromatic nitrogens is 1. The monoisotopic (exact) mass is 423 g/mol. The molecule has 0 unspecified atom stereocenters. The fourth-order valence-corrected chi connectivity index (χ4v) is 6.25. The topological polar surface area (TPSA) is 37.3 Å². The van der Waals surface area contributed by atoms with Crippen LogP contribution in [0.5, 0.6) is 0 Å². The molecule has 1 atom stereocenters. The maximum atomic E-state index is 13.5. The van der Waals surface area contributed by atoms with E-state index in [-0.39, 0.29) is 23.8 Å². The normalized spacial score (nSPS) is 17.9. The van der Waals surface area contributed by atoms with Crippen molar-refractivity contribution < 1.29 is 9.18 Å². The number of thiophene rings is 1. The van der Waals surface area contributed by atoms with Gasteiger partial charge in [0.1, 0.15) is 10.8 Å². The first kappa shape index (κ1) is 19.4. The summed E-state index contributed by atoms with van der Waals surface area (Å²) in [5.41, 5.74) is 4.50. The van der Waals surface area contributed by atoms with Gasteiger partial charge in [0.25, 0.3) is 0 Å². The molecule has 3 aromatic rings. The number of aryl methyl sites for hydroxylation is 1. The molecule has 5 rings (SSSR count). The highest BCUT2D eigenvalue weighted by molar-refractivity contribution is 7.15. The van der Waals surface area contributed by atoms with Gasteiger partial charge in [0, 0.05) is 28.0 Å². The van der Waals surface area contributed by atoms with Crippen molar-refractivity contribution in [2.24, 2.45) is 5.92 Å². The van der Waals surface area contributed by atoms with Gasteiger partial charge in [0.2, 0.25) is 0 Å². The van der Waals surface area contributed by atoms with E-state index >= 15 is 0 Å². The molecule has 0 saturated carbocycles. The highest BCUT2D eigenvalue weighted by atomic mass is 32.1. The Morgan fingerprint density at radius 1 is 1.13 bits per heavy atom. The molecule has 30 heavy (non-hydrogen) atoms. The lowest BCUT2D eigenvalue weighted by atomic mass is 9.94. The Hall–Kier alpha value is -2.60. The van der Waals surface area contributed by atoms with Gasteiger partial charge in [-0.15, -0.1) is 11.3 Å². The highest BCUT2D eigenvalue weighted by Gasteiger charge is 2.36. The molecular weight excluding hydrogens is 397 g/mol. The number of halogens is 1. The minimum absolute atomic E-state index is 0.0423. The largest absolute Gasteiger partial charge is 0.322 e. The van der Waals surface area contributed by atoms with E-state index in [4.69, 9.17) is 0 Å². The smallest absolute Gasteiger partial charge is 0.311 e.